The fourth-order valence-corrected chi connectivity index (χ4v) is 3.79. The highest BCUT2D eigenvalue weighted by Gasteiger charge is 2.46. The van der Waals surface area contributed by atoms with E-state index in [0.29, 0.717) is 10.7 Å². The first kappa shape index (κ1) is 21.2. The van der Waals surface area contributed by atoms with E-state index in [-0.39, 0.29) is 17.9 Å². The molecule has 0 saturated carbocycles. The fourth-order valence-electron chi connectivity index (χ4n) is 3.62. The lowest BCUT2D eigenvalue weighted by molar-refractivity contribution is -0.173. The summed E-state index contributed by atoms with van der Waals surface area (Å²) in [7, 11) is 0. The van der Waals surface area contributed by atoms with Crippen LogP contribution in [0.1, 0.15) is 45.7 Å². The summed E-state index contributed by atoms with van der Waals surface area (Å²) in [6.07, 6.45) is -4.74. The third kappa shape index (κ3) is 4.39. The number of fused-ring (bicyclic) bond motifs is 1. The third-order valence-corrected chi connectivity index (χ3v) is 5.59. The van der Waals surface area contributed by atoms with Crippen LogP contribution in [0.5, 0.6) is 0 Å². The van der Waals surface area contributed by atoms with Crippen LogP contribution in [0.2, 0.25) is 5.02 Å². The van der Waals surface area contributed by atoms with Gasteiger partial charge in [-0.3, -0.25) is 4.79 Å². The summed E-state index contributed by atoms with van der Waals surface area (Å²) < 4.78 is 42.3. The number of benzene rings is 2. The van der Waals surface area contributed by atoms with Crippen LogP contribution < -0.4 is 10.6 Å². The van der Waals surface area contributed by atoms with Gasteiger partial charge in [-0.25, -0.2) is 4.68 Å². The maximum atomic E-state index is 13.8. The van der Waals surface area contributed by atoms with E-state index in [1.165, 1.54) is 6.07 Å². The SMILES string of the molecule is Cc1ccc(C2CC(C(F)(F)F)n3nc(C(=O)Nc4cc(Cl)ccc4C)cc3N2)cc1. The quantitative estimate of drug-likeness (QED) is 0.511. The number of rotatable bonds is 3. The minimum atomic E-state index is -4.51. The van der Waals surface area contributed by atoms with E-state index >= 15 is 0 Å². The van der Waals surface area contributed by atoms with Crippen LogP contribution in [0, 0.1) is 13.8 Å². The van der Waals surface area contributed by atoms with Crippen molar-refractivity contribution in [3.63, 3.8) is 0 Å². The van der Waals surface area contributed by atoms with Crippen LogP contribution in [-0.4, -0.2) is 21.9 Å². The van der Waals surface area contributed by atoms with E-state index in [1.807, 2.05) is 31.2 Å². The van der Waals surface area contributed by atoms with Crippen LogP contribution >= 0.6 is 11.6 Å². The molecule has 0 bridgehead atoms. The summed E-state index contributed by atoms with van der Waals surface area (Å²) in [6, 6.07) is 11.3. The van der Waals surface area contributed by atoms with Crippen molar-refractivity contribution in [3.8, 4) is 0 Å². The van der Waals surface area contributed by atoms with Crippen molar-refractivity contribution in [1.82, 2.24) is 9.78 Å². The van der Waals surface area contributed by atoms with Gasteiger partial charge in [-0.15, -0.1) is 0 Å². The maximum Gasteiger partial charge on any atom is 0.410 e. The number of hydrogen-bond acceptors (Lipinski definition) is 3. The first-order valence-corrected chi connectivity index (χ1v) is 10.1. The van der Waals surface area contributed by atoms with E-state index in [4.69, 9.17) is 11.6 Å². The second-order valence-electron chi connectivity index (χ2n) is 7.67. The number of carbonyl (C=O) groups excluding carboxylic acids is 1. The van der Waals surface area contributed by atoms with Crippen LogP contribution in [0.3, 0.4) is 0 Å². The Morgan fingerprint density at radius 2 is 1.87 bits per heavy atom. The smallest absolute Gasteiger partial charge is 0.363 e. The van der Waals surface area contributed by atoms with Crippen molar-refractivity contribution < 1.29 is 18.0 Å². The number of hydrogen-bond donors (Lipinski definition) is 2. The number of carbonyl (C=O) groups is 1. The fraction of sp³-hybridized carbons (Fsp3) is 0.273. The summed E-state index contributed by atoms with van der Waals surface area (Å²) in [4.78, 5) is 12.7. The molecule has 4 rings (SSSR count). The van der Waals surface area contributed by atoms with Crippen molar-refractivity contribution >= 4 is 29.0 Å². The zero-order valence-corrected chi connectivity index (χ0v) is 17.6. The summed E-state index contributed by atoms with van der Waals surface area (Å²) in [6.45, 7) is 3.70. The first-order chi connectivity index (χ1) is 14.6. The Kier molecular flexibility index (Phi) is 5.43. The van der Waals surface area contributed by atoms with Crippen molar-refractivity contribution in [2.24, 2.45) is 0 Å². The van der Waals surface area contributed by atoms with Crippen LogP contribution in [0.25, 0.3) is 0 Å². The minimum absolute atomic E-state index is 0.110. The molecule has 2 heterocycles. The zero-order chi connectivity index (χ0) is 22.3. The van der Waals surface area contributed by atoms with Crippen LogP contribution in [0.4, 0.5) is 24.7 Å². The molecule has 162 valence electrons. The van der Waals surface area contributed by atoms with Gasteiger partial charge in [0.05, 0.1) is 6.04 Å². The summed E-state index contributed by atoms with van der Waals surface area (Å²) in [5.74, 6) is -0.464. The molecule has 2 atom stereocenters. The molecular formula is C22H20ClF3N4O. The Labute approximate surface area is 182 Å². The molecular weight excluding hydrogens is 429 g/mol. The second-order valence-corrected chi connectivity index (χ2v) is 8.11. The molecule has 1 aromatic heterocycles. The predicted molar refractivity (Wildman–Crippen MR) is 114 cm³/mol. The summed E-state index contributed by atoms with van der Waals surface area (Å²) >= 11 is 5.98. The molecule has 2 unspecified atom stereocenters. The molecule has 1 aliphatic rings. The number of alkyl halides is 3. The normalized spacial score (nSPS) is 18.3. The van der Waals surface area contributed by atoms with Gasteiger partial charge in [-0.05, 0) is 37.1 Å². The number of nitrogens with one attached hydrogen (secondary N) is 2. The number of aromatic nitrogens is 2. The maximum absolute atomic E-state index is 13.8. The summed E-state index contributed by atoms with van der Waals surface area (Å²) in [5, 5.41) is 10.2. The average Bonchev–Trinajstić information content (AvgIpc) is 3.14. The Bertz CT molecular complexity index is 1120. The molecule has 0 saturated heterocycles. The molecule has 2 N–H and O–H groups in total. The molecule has 0 fully saturated rings. The van der Waals surface area contributed by atoms with Gasteiger partial charge in [0.1, 0.15) is 5.82 Å². The second kappa shape index (κ2) is 7.92. The minimum Gasteiger partial charge on any atom is -0.363 e. The largest absolute Gasteiger partial charge is 0.410 e. The van der Waals surface area contributed by atoms with E-state index < -0.39 is 24.2 Å². The molecule has 3 aromatic rings. The van der Waals surface area contributed by atoms with Gasteiger partial charge in [0.25, 0.3) is 5.91 Å². The van der Waals surface area contributed by atoms with Crippen molar-refractivity contribution in [1.29, 1.82) is 0 Å². The molecule has 1 aliphatic heterocycles. The first-order valence-electron chi connectivity index (χ1n) is 9.68. The van der Waals surface area contributed by atoms with Crippen LogP contribution in [-0.2, 0) is 0 Å². The van der Waals surface area contributed by atoms with Gasteiger partial charge in [-0.1, -0.05) is 47.5 Å². The van der Waals surface area contributed by atoms with Gasteiger partial charge >= 0.3 is 6.18 Å². The number of nitrogens with zero attached hydrogens (tertiary/aromatic N) is 2. The van der Waals surface area contributed by atoms with E-state index in [0.717, 1.165) is 21.4 Å². The number of anilines is 2. The monoisotopic (exact) mass is 448 g/mol. The lowest BCUT2D eigenvalue weighted by atomic mass is 9.96. The lowest BCUT2D eigenvalue weighted by Gasteiger charge is -2.33. The third-order valence-electron chi connectivity index (χ3n) is 5.35. The Balaban J connectivity index is 1.65. The highest BCUT2D eigenvalue weighted by atomic mass is 35.5. The predicted octanol–water partition coefficient (Wildman–Crippen LogP) is 6.07. The van der Waals surface area contributed by atoms with Gasteiger partial charge in [0.2, 0.25) is 0 Å². The molecule has 1 amide bonds. The lowest BCUT2D eigenvalue weighted by Crippen LogP contribution is -2.35. The standard InChI is InChI=1S/C22H20ClF3N4O/c1-12-3-6-14(7-4-12)17-10-19(22(24,25)26)30-20(27-17)11-18(29-30)21(31)28-16-9-15(23)8-5-13(16)2/h3-9,11,17,19,27H,10H2,1-2H3,(H,28,31). The topological polar surface area (TPSA) is 59.0 Å². The Morgan fingerprint density at radius 1 is 1.16 bits per heavy atom. The number of amides is 1. The number of halogens is 4. The molecule has 0 spiro atoms. The van der Waals surface area contributed by atoms with E-state index in [9.17, 15) is 18.0 Å². The number of aryl methyl sites for hydroxylation is 2. The highest BCUT2D eigenvalue weighted by molar-refractivity contribution is 6.31. The van der Waals surface area contributed by atoms with E-state index in [2.05, 4.69) is 15.7 Å². The summed E-state index contributed by atoms with van der Waals surface area (Å²) in [5.41, 5.74) is 2.90. The van der Waals surface area contributed by atoms with Crippen molar-refractivity contribution in [3.05, 3.63) is 75.9 Å². The molecule has 5 nitrogen and oxygen atoms in total. The van der Waals surface area contributed by atoms with Crippen molar-refractivity contribution in [2.75, 3.05) is 10.6 Å². The van der Waals surface area contributed by atoms with E-state index in [1.54, 1.807) is 25.1 Å². The van der Waals surface area contributed by atoms with Gasteiger partial charge < -0.3 is 10.6 Å². The van der Waals surface area contributed by atoms with Gasteiger partial charge in [-0.2, -0.15) is 18.3 Å². The Morgan fingerprint density at radius 3 is 2.55 bits per heavy atom. The van der Waals surface area contributed by atoms with Crippen molar-refractivity contribution in [2.45, 2.75) is 38.5 Å². The van der Waals surface area contributed by atoms with Gasteiger partial charge in [0.15, 0.2) is 11.7 Å². The average molecular weight is 449 g/mol. The zero-order valence-electron chi connectivity index (χ0n) is 16.8. The molecule has 0 aliphatic carbocycles. The molecule has 31 heavy (non-hydrogen) atoms. The molecule has 9 heteroatoms. The molecule has 0 radical (unpaired) electrons. The molecule has 2 aromatic carbocycles. The highest BCUT2D eigenvalue weighted by Crippen LogP contribution is 2.43. The Hall–Kier alpha value is -3.00. The van der Waals surface area contributed by atoms with Gasteiger partial charge in [0, 0.05) is 23.2 Å². The van der Waals surface area contributed by atoms with Crippen LogP contribution in [0.15, 0.2) is 48.5 Å².